The highest BCUT2D eigenvalue weighted by Gasteiger charge is 2.38. The van der Waals surface area contributed by atoms with E-state index in [1.807, 2.05) is 0 Å². The zero-order valence-electron chi connectivity index (χ0n) is 39.2. The van der Waals surface area contributed by atoms with Gasteiger partial charge in [0.25, 0.3) is 10.1 Å². The maximum absolute atomic E-state index is 12.8. The molecule has 36 heavy (non-hydrogen) atoms. The first-order valence-corrected chi connectivity index (χ1v) is 18.5. The van der Waals surface area contributed by atoms with E-state index in [9.17, 15) is 13.5 Å². The summed E-state index contributed by atoms with van der Waals surface area (Å²) in [7, 11) is -10.8. The Morgan fingerprint density at radius 1 is 0.917 bits per heavy atom. The minimum atomic E-state index is -4.93. The van der Waals surface area contributed by atoms with Crippen LogP contribution < -0.4 is 0 Å². The predicted octanol–water partition coefficient (Wildman–Crippen LogP) is 7.28. The molecule has 2 atom stereocenters. The van der Waals surface area contributed by atoms with Crippen molar-refractivity contribution in [2.45, 2.75) is 128 Å². The molecular weight excluding hydrogens is 509 g/mol. The van der Waals surface area contributed by atoms with Crippen LogP contribution >= 0.6 is 0 Å². The van der Waals surface area contributed by atoms with Gasteiger partial charge in [0.2, 0.25) is 0 Å². The topological polar surface area (TPSA) is 82.1 Å². The van der Waals surface area contributed by atoms with Crippen LogP contribution in [0.25, 0.3) is 0 Å². The molecule has 1 aromatic carbocycles. The van der Waals surface area contributed by atoms with Gasteiger partial charge in [0.15, 0.2) is 16.6 Å². The maximum Gasteiger partial charge on any atom is 0.297 e. The fourth-order valence-corrected chi connectivity index (χ4v) is 3.78. The summed E-state index contributed by atoms with van der Waals surface area (Å²) in [4.78, 5) is -0.473. The molecule has 0 unspecified atom stereocenters. The zero-order chi connectivity index (χ0) is 42.6. The standard InChI is InChI=1S/C17H30O4SSi.C10H24O2Si/c1-8-15(13-20-23(6,7)17(3,4)5)21-22(18,19)16-11-9-14(2)10-12-16;1-7-9(11)8-12-13(5,6)10(2,3)4/h9-12,15H,8,13H2,1-7H3;9,11H,7-8H2,1-6H3/t15-;9-/m11/s1/i1D3,8D2,13D2,15D;1D3,7D2,8D2,9D. The Bertz CT molecular complexity index is 1480. The van der Waals surface area contributed by atoms with Gasteiger partial charge in [0.1, 0.15) is 0 Å². The van der Waals surface area contributed by atoms with Gasteiger partial charge < -0.3 is 14.0 Å². The van der Waals surface area contributed by atoms with Gasteiger partial charge in [0, 0.05) is 13.7 Å². The summed E-state index contributed by atoms with van der Waals surface area (Å²) in [6.45, 7) is 5.31. The van der Waals surface area contributed by atoms with Crippen LogP contribution in [-0.4, -0.2) is 55.4 Å². The van der Waals surface area contributed by atoms with Gasteiger partial charge >= 0.3 is 0 Å². The van der Waals surface area contributed by atoms with Crippen molar-refractivity contribution in [1.29, 1.82) is 0 Å². The molecule has 0 fully saturated rings. The van der Waals surface area contributed by atoms with Crippen molar-refractivity contribution in [3.8, 4) is 0 Å². The number of hydrogen-bond acceptors (Lipinski definition) is 6. The number of hydrogen-bond donors (Lipinski definition) is 1. The molecule has 0 spiro atoms. The average Bonchev–Trinajstić information content (AvgIpc) is 2.84. The van der Waals surface area contributed by atoms with Crippen LogP contribution in [0.5, 0.6) is 0 Å². The average molecular weight is 579 g/mol. The fourth-order valence-electron chi connectivity index (χ4n) is 1.61. The summed E-state index contributed by atoms with van der Waals surface area (Å²) < 4.78 is 164. The van der Waals surface area contributed by atoms with Crippen LogP contribution in [0.3, 0.4) is 0 Å². The molecule has 6 nitrogen and oxygen atoms in total. The summed E-state index contributed by atoms with van der Waals surface area (Å²) in [5.41, 5.74) is 0.713. The van der Waals surface area contributed by atoms with E-state index in [0.29, 0.717) is 5.56 Å². The highest BCUT2D eigenvalue weighted by Crippen LogP contribution is 2.37. The second-order valence-corrected chi connectivity index (χ2v) is 22.2. The zero-order valence-corrected chi connectivity index (χ0v) is 26.0. The van der Waals surface area contributed by atoms with E-state index in [4.69, 9.17) is 35.0 Å². The Kier molecular flexibility index (Phi) is 6.43. The lowest BCUT2D eigenvalue weighted by Crippen LogP contribution is -2.43. The number of benzene rings is 1. The lowest BCUT2D eigenvalue weighted by atomic mass is 10.2. The van der Waals surface area contributed by atoms with Gasteiger partial charge in [-0.1, -0.05) is 72.9 Å². The summed E-state index contributed by atoms with van der Waals surface area (Å²) >= 11 is 0. The van der Waals surface area contributed by atoms with Crippen molar-refractivity contribution in [2.75, 3.05) is 13.1 Å². The molecule has 0 heterocycles. The minimum absolute atomic E-state index is 0.455. The highest BCUT2D eigenvalue weighted by molar-refractivity contribution is 7.86. The Balaban J connectivity index is 0.00000108. The first kappa shape index (κ1) is 16.5. The molecule has 0 amide bonds. The van der Waals surface area contributed by atoms with Gasteiger partial charge in [-0.05, 0) is 68.1 Å². The van der Waals surface area contributed by atoms with E-state index in [0.717, 1.165) is 12.1 Å². The van der Waals surface area contributed by atoms with E-state index in [2.05, 4.69) is 0 Å². The first-order valence-electron chi connectivity index (χ1n) is 19.3. The van der Waals surface area contributed by atoms with Crippen molar-refractivity contribution in [2.24, 2.45) is 0 Å². The third-order valence-electron chi connectivity index (χ3n) is 6.15. The van der Waals surface area contributed by atoms with E-state index in [-0.39, 0.29) is 0 Å². The Hall–Kier alpha value is -0.556. The Morgan fingerprint density at radius 2 is 1.36 bits per heavy atom. The molecule has 0 aromatic heterocycles. The molecule has 0 aliphatic rings. The number of aryl methyl sites for hydroxylation is 1. The molecule has 0 aliphatic carbocycles. The highest BCUT2D eigenvalue weighted by atomic mass is 32.2. The molecule has 1 rings (SSSR count). The van der Waals surface area contributed by atoms with E-state index in [1.165, 1.54) is 12.1 Å². The molecular formula is C27H54O6SSi2. The summed E-state index contributed by atoms with van der Waals surface area (Å²) in [5.74, 6) is 0. The summed E-state index contributed by atoms with van der Waals surface area (Å²) in [5, 5.41) is 8.93. The number of aliphatic hydroxyl groups is 1. The van der Waals surface area contributed by atoms with Crippen molar-refractivity contribution < 1.29 is 48.5 Å². The first-order chi connectivity index (χ1) is 22.1. The lowest BCUT2D eigenvalue weighted by Gasteiger charge is -2.37. The van der Waals surface area contributed by atoms with Gasteiger partial charge in [-0.25, -0.2) is 0 Å². The Labute approximate surface area is 247 Å². The summed E-state index contributed by atoms with van der Waals surface area (Å²) in [6.07, 6.45) is -14.6. The van der Waals surface area contributed by atoms with Crippen LogP contribution in [-0.2, 0) is 23.2 Å². The van der Waals surface area contributed by atoms with Gasteiger partial charge in [0.05, 0.1) is 38.4 Å². The second kappa shape index (κ2) is 14.0. The third kappa shape index (κ3) is 11.9. The van der Waals surface area contributed by atoms with Crippen LogP contribution in [0.4, 0.5) is 0 Å². The van der Waals surface area contributed by atoms with Crippen LogP contribution in [0, 0.1) is 6.92 Å². The molecule has 0 saturated carbocycles. The predicted molar refractivity (Wildman–Crippen MR) is 156 cm³/mol. The van der Waals surface area contributed by atoms with Crippen LogP contribution in [0.1, 0.15) is 95.5 Å². The second-order valence-electron chi connectivity index (χ2n) is 11.2. The SMILES string of the molecule is [2H]C([2H])([2H])C([2H])([2H])[C@@]([2H])(O)C([2H])([2H])O[Si](C)(C)C(C)(C)C.[2H]C([2H])([2H])C([2H])([2H])[C@@]([2H])(OS(=O)(=O)c1ccc(C)cc1)C([2H])([2H])O[Si](C)(C)C(C)(C)C. The number of rotatable bonds is 11. The molecule has 0 saturated heterocycles. The van der Waals surface area contributed by atoms with Gasteiger partial charge in [-0.3, -0.25) is 4.18 Å². The quantitative estimate of drug-likeness (QED) is 0.219. The smallest absolute Gasteiger partial charge is 0.297 e. The van der Waals surface area contributed by atoms with E-state index < -0.39 is 93.5 Å². The Morgan fingerprint density at radius 3 is 1.78 bits per heavy atom. The molecule has 0 radical (unpaired) electrons. The van der Waals surface area contributed by atoms with Gasteiger partial charge in [-0.15, -0.1) is 0 Å². The molecule has 0 bridgehead atoms. The monoisotopic (exact) mass is 578 g/mol. The van der Waals surface area contributed by atoms with Crippen LogP contribution in [0.2, 0.25) is 36.3 Å². The van der Waals surface area contributed by atoms with Crippen molar-refractivity contribution in [3.63, 3.8) is 0 Å². The van der Waals surface area contributed by atoms with E-state index >= 15 is 0 Å². The third-order valence-corrected chi connectivity index (χ3v) is 15.8. The largest absolute Gasteiger partial charge is 0.414 e. The fraction of sp³-hybridized carbons (Fsp3) is 0.778. The molecule has 212 valence electrons. The molecule has 1 N–H and O–H groups in total. The lowest BCUT2D eigenvalue weighted by molar-refractivity contribution is 0.0969. The minimum Gasteiger partial charge on any atom is -0.414 e. The molecule has 0 aliphatic heterocycles. The van der Waals surface area contributed by atoms with Crippen molar-refractivity contribution in [3.05, 3.63) is 29.8 Å². The molecule has 1 aromatic rings. The summed E-state index contributed by atoms with van der Waals surface area (Å²) in [6, 6.07) is 5.14. The van der Waals surface area contributed by atoms with Gasteiger partial charge in [-0.2, -0.15) is 8.42 Å². The van der Waals surface area contributed by atoms with E-state index in [1.54, 1.807) is 74.7 Å². The van der Waals surface area contributed by atoms with Crippen molar-refractivity contribution in [1.82, 2.24) is 0 Å². The van der Waals surface area contributed by atoms with Crippen molar-refractivity contribution >= 4 is 26.8 Å². The molecule has 9 heteroatoms. The maximum atomic E-state index is 12.8. The van der Waals surface area contributed by atoms with Crippen LogP contribution in [0.15, 0.2) is 29.2 Å². The normalized spacial score (nSPS) is 25.8.